The van der Waals surface area contributed by atoms with E-state index in [-0.39, 0.29) is 12.1 Å². The van der Waals surface area contributed by atoms with Crippen LogP contribution in [0.5, 0.6) is 0 Å². The molecule has 2 aliphatic rings. The maximum atomic E-state index is 12.5. The molecule has 138 valence electrons. The van der Waals surface area contributed by atoms with E-state index in [2.05, 4.69) is 36.2 Å². The SMILES string of the molecule is C[C@@H]1C[C@H](C)CN(CCNC(=O)N2CCO[C@@H](c3ccccc3)C2)C1. The molecule has 1 aromatic carbocycles. The van der Waals surface area contributed by atoms with Gasteiger partial charge in [0.1, 0.15) is 6.10 Å². The van der Waals surface area contributed by atoms with Crippen LogP contribution < -0.4 is 5.32 Å². The van der Waals surface area contributed by atoms with Gasteiger partial charge >= 0.3 is 6.03 Å². The highest BCUT2D eigenvalue weighted by atomic mass is 16.5. The molecule has 1 aromatic rings. The molecule has 0 radical (unpaired) electrons. The normalized spacial score (nSPS) is 27.9. The van der Waals surface area contributed by atoms with Crippen LogP contribution in [0.15, 0.2) is 30.3 Å². The van der Waals surface area contributed by atoms with Crippen molar-refractivity contribution in [1.82, 2.24) is 15.1 Å². The number of carbonyl (C=O) groups is 1. The summed E-state index contributed by atoms with van der Waals surface area (Å²) >= 11 is 0. The van der Waals surface area contributed by atoms with Gasteiger partial charge < -0.3 is 19.9 Å². The Morgan fingerprint density at radius 1 is 1.16 bits per heavy atom. The van der Waals surface area contributed by atoms with Crippen molar-refractivity contribution in [2.45, 2.75) is 26.4 Å². The molecule has 25 heavy (non-hydrogen) atoms. The number of rotatable bonds is 4. The zero-order valence-electron chi connectivity index (χ0n) is 15.5. The van der Waals surface area contributed by atoms with E-state index in [0.29, 0.717) is 26.2 Å². The Hall–Kier alpha value is -1.59. The van der Waals surface area contributed by atoms with Crippen molar-refractivity contribution in [3.05, 3.63) is 35.9 Å². The first kappa shape index (κ1) is 18.2. The van der Waals surface area contributed by atoms with Crippen molar-refractivity contribution in [3.8, 4) is 0 Å². The van der Waals surface area contributed by atoms with Gasteiger partial charge in [-0.05, 0) is 23.8 Å². The second kappa shape index (κ2) is 8.68. The van der Waals surface area contributed by atoms with Gasteiger partial charge in [-0.2, -0.15) is 0 Å². The van der Waals surface area contributed by atoms with Crippen LogP contribution in [0, 0.1) is 11.8 Å². The third kappa shape index (κ3) is 5.19. The fraction of sp³-hybridized carbons (Fsp3) is 0.650. The van der Waals surface area contributed by atoms with Crippen LogP contribution in [0.4, 0.5) is 4.79 Å². The molecule has 2 saturated heterocycles. The van der Waals surface area contributed by atoms with Crippen LogP contribution >= 0.6 is 0 Å². The number of piperidine rings is 1. The van der Waals surface area contributed by atoms with Gasteiger partial charge in [0.05, 0.1) is 13.2 Å². The topological polar surface area (TPSA) is 44.8 Å². The summed E-state index contributed by atoms with van der Waals surface area (Å²) in [6, 6.07) is 10.2. The second-order valence-electron chi connectivity index (χ2n) is 7.65. The molecule has 0 aromatic heterocycles. The molecule has 2 amide bonds. The summed E-state index contributed by atoms with van der Waals surface area (Å²) in [5, 5.41) is 3.09. The van der Waals surface area contributed by atoms with Crippen LogP contribution in [0.1, 0.15) is 31.9 Å². The maximum absolute atomic E-state index is 12.5. The molecule has 3 atom stereocenters. The number of nitrogens with zero attached hydrogens (tertiary/aromatic N) is 2. The van der Waals surface area contributed by atoms with Gasteiger partial charge in [-0.1, -0.05) is 44.2 Å². The molecule has 3 rings (SSSR count). The van der Waals surface area contributed by atoms with Crippen LogP contribution in [0.25, 0.3) is 0 Å². The molecule has 5 nitrogen and oxygen atoms in total. The van der Waals surface area contributed by atoms with E-state index in [1.54, 1.807) is 0 Å². The Balaban J connectivity index is 1.43. The highest BCUT2D eigenvalue weighted by Gasteiger charge is 2.26. The molecule has 2 heterocycles. The summed E-state index contributed by atoms with van der Waals surface area (Å²) < 4.78 is 5.84. The second-order valence-corrected chi connectivity index (χ2v) is 7.65. The molecule has 0 unspecified atom stereocenters. The fourth-order valence-corrected chi connectivity index (χ4v) is 4.11. The lowest BCUT2D eigenvalue weighted by atomic mass is 9.92. The average molecular weight is 345 g/mol. The molecule has 0 saturated carbocycles. The summed E-state index contributed by atoms with van der Waals surface area (Å²) in [4.78, 5) is 16.8. The predicted molar refractivity (Wildman–Crippen MR) is 99.5 cm³/mol. The Morgan fingerprint density at radius 3 is 2.60 bits per heavy atom. The van der Waals surface area contributed by atoms with Gasteiger partial charge in [0.15, 0.2) is 0 Å². The number of nitrogens with one attached hydrogen (secondary N) is 1. The molecular weight excluding hydrogens is 314 g/mol. The number of likely N-dealkylation sites (tertiary alicyclic amines) is 1. The van der Waals surface area contributed by atoms with Gasteiger partial charge in [0.25, 0.3) is 0 Å². The van der Waals surface area contributed by atoms with E-state index in [4.69, 9.17) is 4.74 Å². The fourth-order valence-electron chi connectivity index (χ4n) is 4.11. The Morgan fingerprint density at radius 2 is 1.88 bits per heavy atom. The van der Waals surface area contributed by atoms with Crippen molar-refractivity contribution in [1.29, 1.82) is 0 Å². The number of hydrogen-bond donors (Lipinski definition) is 1. The molecule has 2 fully saturated rings. The van der Waals surface area contributed by atoms with E-state index in [1.807, 2.05) is 23.1 Å². The molecular formula is C20H31N3O2. The molecule has 0 aliphatic carbocycles. The molecule has 0 bridgehead atoms. The minimum Gasteiger partial charge on any atom is -0.370 e. The van der Waals surface area contributed by atoms with Gasteiger partial charge in [0.2, 0.25) is 0 Å². The van der Waals surface area contributed by atoms with E-state index in [9.17, 15) is 4.79 Å². The first-order valence-electron chi connectivity index (χ1n) is 9.53. The molecule has 1 N–H and O–H groups in total. The first-order valence-corrected chi connectivity index (χ1v) is 9.53. The van der Waals surface area contributed by atoms with Gasteiger partial charge in [0, 0.05) is 32.7 Å². The third-order valence-corrected chi connectivity index (χ3v) is 5.17. The number of urea groups is 1. The van der Waals surface area contributed by atoms with E-state index < -0.39 is 0 Å². The highest BCUT2D eigenvalue weighted by Crippen LogP contribution is 2.22. The smallest absolute Gasteiger partial charge is 0.317 e. The predicted octanol–water partition coefficient (Wildman–Crippen LogP) is 2.75. The van der Waals surface area contributed by atoms with Crippen molar-refractivity contribution in [3.63, 3.8) is 0 Å². The monoisotopic (exact) mass is 345 g/mol. The zero-order valence-corrected chi connectivity index (χ0v) is 15.5. The van der Waals surface area contributed by atoms with Crippen molar-refractivity contribution >= 4 is 6.03 Å². The van der Waals surface area contributed by atoms with E-state index in [0.717, 1.165) is 37.0 Å². The van der Waals surface area contributed by atoms with E-state index in [1.165, 1.54) is 6.42 Å². The number of carbonyl (C=O) groups excluding carboxylic acids is 1. The van der Waals surface area contributed by atoms with Crippen LogP contribution in [0.2, 0.25) is 0 Å². The van der Waals surface area contributed by atoms with Gasteiger partial charge in [-0.15, -0.1) is 0 Å². The van der Waals surface area contributed by atoms with Crippen LogP contribution in [-0.2, 0) is 4.74 Å². The lowest BCUT2D eigenvalue weighted by Crippen LogP contribution is -2.49. The number of morpholine rings is 1. The lowest BCUT2D eigenvalue weighted by molar-refractivity contribution is -0.0155. The summed E-state index contributed by atoms with van der Waals surface area (Å²) in [6.07, 6.45) is 1.29. The van der Waals surface area contributed by atoms with Crippen molar-refractivity contribution in [2.24, 2.45) is 11.8 Å². The Bertz CT molecular complexity index is 541. The summed E-state index contributed by atoms with van der Waals surface area (Å²) in [5.74, 6) is 1.51. The van der Waals surface area contributed by atoms with Crippen LogP contribution in [-0.4, -0.2) is 61.7 Å². The quantitative estimate of drug-likeness (QED) is 0.913. The highest BCUT2D eigenvalue weighted by molar-refractivity contribution is 5.74. The Kier molecular flexibility index (Phi) is 6.32. The summed E-state index contributed by atoms with van der Waals surface area (Å²) in [7, 11) is 0. The standard InChI is InChI=1S/C20H31N3O2/c1-16-12-17(2)14-22(13-16)9-8-21-20(24)23-10-11-25-19(15-23)18-6-4-3-5-7-18/h3-7,16-17,19H,8-15H2,1-2H3,(H,21,24)/t16-,17+,19-/m1/s1. The number of hydrogen-bond acceptors (Lipinski definition) is 3. The molecule has 0 spiro atoms. The molecule has 5 heteroatoms. The van der Waals surface area contributed by atoms with Gasteiger partial charge in [-0.25, -0.2) is 4.79 Å². The number of amides is 2. The first-order chi connectivity index (χ1) is 12.1. The summed E-state index contributed by atoms with van der Waals surface area (Å²) in [6.45, 7) is 10.5. The minimum atomic E-state index is -0.0236. The van der Waals surface area contributed by atoms with Crippen LogP contribution in [0.3, 0.4) is 0 Å². The number of benzene rings is 1. The lowest BCUT2D eigenvalue weighted by Gasteiger charge is -2.35. The summed E-state index contributed by atoms with van der Waals surface area (Å²) in [5.41, 5.74) is 1.14. The maximum Gasteiger partial charge on any atom is 0.317 e. The average Bonchev–Trinajstić information content (AvgIpc) is 2.62. The van der Waals surface area contributed by atoms with Crippen molar-refractivity contribution < 1.29 is 9.53 Å². The third-order valence-electron chi connectivity index (χ3n) is 5.17. The van der Waals surface area contributed by atoms with Crippen molar-refractivity contribution in [2.75, 3.05) is 45.9 Å². The zero-order chi connectivity index (χ0) is 17.6. The molecule has 2 aliphatic heterocycles. The number of ether oxygens (including phenoxy) is 1. The minimum absolute atomic E-state index is 0.0236. The Labute approximate surface area is 151 Å². The van der Waals surface area contributed by atoms with Gasteiger partial charge in [-0.3, -0.25) is 0 Å². The largest absolute Gasteiger partial charge is 0.370 e. The van der Waals surface area contributed by atoms with E-state index >= 15 is 0 Å².